The molecule has 0 radical (unpaired) electrons. The van der Waals surface area contributed by atoms with Crippen LogP contribution in [-0.4, -0.2) is 37.5 Å². The number of pyridine rings is 1. The highest BCUT2D eigenvalue weighted by Crippen LogP contribution is 2.25. The first-order chi connectivity index (χ1) is 14.6. The van der Waals surface area contributed by atoms with Gasteiger partial charge in [0.15, 0.2) is 0 Å². The molecule has 160 valence electrons. The predicted octanol–water partition coefficient (Wildman–Crippen LogP) is 3.95. The van der Waals surface area contributed by atoms with E-state index in [1.54, 1.807) is 11.7 Å². The zero-order valence-electron chi connectivity index (χ0n) is 17.9. The van der Waals surface area contributed by atoms with Crippen LogP contribution in [0, 0.1) is 0 Å². The molecule has 1 heterocycles. The van der Waals surface area contributed by atoms with Crippen LogP contribution in [0.25, 0.3) is 10.9 Å². The first kappa shape index (κ1) is 22.0. The van der Waals surface area contributed by atoms with E-state index in [1.165, 1.54) is 0 Å². The van der Waals surface area contributed by atoms with Gasteiger partial charge in [-0.25, -0.2) is 0 Å². The van der Waals surface area contributed by atoms with Crippen molar-refractivity contribution in [2.75, 3.05) is 26.9 Å². The van der Waals surface area contributed by atoms with Crippen molar-refractivity contribution in [3.8, 4) is 11.5 Å². The summed E-state index contributed by atoms with van der Waals surface area (Å²) in [5, 5.41) is 4.34. The molecule has 1 N–H and O–H groups in total. The highest BCUT2D eigenvalue weighted by molar-refractivity contribution is 5.81. The van der Waals surface area contributed by atoms with Crippen LogP contribution >= 0.6 is 0 Å². The lowest BCUT2D eigenvalue weighted by molar-refractivity contribution is 0.139. The van der Waals surface area contributed by atoms with E-state index in [-0.39, 0.29) is 11.6 Å². The first-order valence-corrected chi connectivity index (χ1v) is 10.3. The molecule has 3 aromatic rings. The Morgan fingerprint density at radius 3 is 2.60 bits per heavy atom. The summed E-state index contributed by atoms with van der Waals surface area (Å²) in [5.74, 6) is 1.45. The summed E-state index contributed by atoms with van der Waals surface area (Å²) in [6.07, 6.45) is 0. The number of nitrogens with one attached hydrogen (secondary N) is 1. The van der Waals surface area contributed by atoms with Gasteiger partial charge in [0.1, 0.15) is 11.5 Å². The second-order valence-electron chi connectivity index (χ2n) is 7.20. The molecule has 0 saturated heterocycles. The maximum absolute atomic E-state index is 13.2. The van der Waals surface area contributed by atoms with Crippen molar-refractivity contribution in [1.82, 2.24) is 9.88 Å². The molecule has 1 aromatic heterocycles. The summed E-state index contributed by atoms with van der Waals surface area (Å²) in [4.78, 5) is 13.2. The predicted molar refractivity (Wildman–Crippen MR) is 119 cm³/mol. The Kier molecular flexibility index (Phi) is 8.02. The van der Waals surface area contributed by atoms with Crippen molar-refractivity contribution in [3.05, 3.63) is 70.5 Å². The molecule has 1 atom stereocenters. The second-order valence-corrected chi connectivity index (χ2v) is 7.20. The molecular formula is C24H30N2O4. The van der Waals surface area contributed by atoms with E-state index < -0.39 is 0 Å². The monoisotopic (exact) mass is 410 g/mol. The average molecular weight is 411 g/mol. The molecule has 0 bridgehead atoms. The lowest BCUT2D eigenvalue weighted by atomic mass is 10.1. The molecule has 0 aliphatic rings. The first-order valence-electron chi connectivity index (χ1n) is 10.3. The highest BCUT2D eigenvalue weighted by Gasteiger charge is 2.12. The topological polar surface area (TPSA) is 61.7 Å². The maximum atomic E-state index is 13.2. The molecular weight excluding hydrogens is 380 g/mol. The van der Waals surface area contributed by atoms with Gasteiger partial charge in [0.25, 0.3) is 5.56 Å². The van der Waals surface area contributed by atoms with Gasteiger partial charge >= 0.3 is 0 Å². The van der Waals surface area contributed by atoms with E-state index in [0.29, 0.717) is 38.7 Å². The number of para-hydroxylation sites is 1. The number of rotatable bonds is 11. The fourth-order valence-corrected chi connectivity index (χ4v) is 3.34. The number of aromatic nitrogens is 1. The normalized spacial score (nSPS) is 12.2. The second kappa shape index (κ2) is 10.9. The SMILES string of the molecule is CCOCCn1c(=O)c(CNC(C)COC)cc2ccc(Oc3ccccc3)cc21. The van der Waals surface area contributed by atoms with E-state index in [1.807, 2.05) is 68.4 Å². The largest absolute Gasteiger partial charge is 0.457 e. The van der Waals surface area contributed by atoms with E-state index >= 15 is 0 Å². The third kappa shape index (κ3) is 5.69. The Morgan fingerprint density at radius 1 is 1.07 bits per heavy atom. The average Bonchev–Trinajstić information content (AvgIpc) is 2.75. The number of hydrogen-bond donors (Lipinski definition) is 1. The summed E-state index contributed by atoms with van der Waals surface area (Å²) in [7, 11) is 1.67. The summed E-state index contributed by atoms with van der Waals surface area (Å²) < 4.78 is 18.4. The maximum Gasteiger partial charge on any atom is 0.255 e. The molecule has 0 fully saturated rings. The van der Waals surface area contributed by atoms with Crippen LogP contribution in [0.1, 0.15) is 19.4 Å². The van der Waals surface area contributed by atoms with Gasteiger partial charge in [-0.15, -0.1) is 0 Å². The number of hydrogen-bond acceptors (Lipinski definition) is 5. The van der Waals surface area contributed by atoms with Crippen molar-refractivity contribution in [3.63, 3.8) is 0 Å². The van der Waals surface area contributed by atoms with Crippen LogP contribution in [0.2, 0.25) is 0 Å². The van der Waals surface area contributed by atoms with Crippen molar-refractivity contribution >= 4 is 10.9 Å². The van der Waals surface area contributed by atoms with Gasteiger partial charge in [0.2, 0.25) is 0 Å². The summed E-state index contributed by atoms with van der Waals surface area (Å²) in [6, 6.07) is 17.6. The molecule has 6 heteroatoms. The van der Waals surface area contributed by atoms with Crippen molar-refractivity contribution in [1.29, 1.82) is 0 Å². The lowest BCUT2D eigenvalue weighted by Gasteiger charge is -2.16. The summed E-state index contributed by atoms with van der Waals surface area (Å²) in [6.45, 7) is 6.63. The Hall–Kier alpha value is -2.67. The van der Waals surface area contributed by atoms with Gasteiger partial charge in [0, 0.05) is 44.5 Å². The molecule has 0 spiro atoms. The van der Waals surface area contributed by atoms with E-state index in [0.717, 1.165) is 22.2 Å². The standard InChI is InChI=1S/C24H30N2O4/c1-4-29-13-12-26-23-15-22(30-21-8-6-5-7-9-21)11-10-19(23)14-20(24(26)27)16-25-18(2)17-28-3/h5-11,14-15,18,25H,4,12-13,16-17H2,1-3H3. The zero-order chi connectivity index (χ0) is 21.3. The lowest BCUT2D eigenvalue weighted by Crippen LogP contribution is -2.34. The van der Waals surface area contributed by atoms with E-state index in [2.05, 4.69) is 5.32 Å². The number of methoxy groups -OCH3 is 1. The number of benzene rings is 2. The Morgan fingerprint density at radius 2 is 1.87 bits per heavy atom. The van der Waals surface area contributed by atoms with E-state index in [9.17, 15) is 4.79 Å². The smallest absolute Gasteiger partial charge is 0.255 e. The number of ether oxygens (including phenoxy) is 3. The third-order valence-corrected chi connectivity index (χ3v) is 4.84. The minimum Gasteiger partial charge on any atom is -0.457 e. The van der Waals surface area contributed by atoms with Crippen LogP contribution in [0.3, 0.4) is 0 Å². The molecule has 2 aromatic carbocycles. The van der Waals surface area contributed by atoms with Gasteiger partial charge in [-0.05, 0) is 49.6 Å². The third-order valence-electron chi connectivity index (χ3n) is 4.84. The van der Waals surface area contributed by atoms with Gasteiger partial charge in [0.05, 0.1) is 18.7 Å². The van der Waals surface area contributed by atoms with Gasteiger partial charge in [-0.3, -0.25) is 4.79 Å². The fraction of sp³-hybridized carbons (Fsp3) is 0.375. The van der Waals surface area contributed by atoms with E-state index in [4.69, 9.17) is 14.2 Å². The van der Waals surface area contributed by atoms with Gasteiger partial charge in [-0.1, -0.05) is 18.2 Å². The Bertz CT molecular complexity index is 1000. The van der Waals surface area contributed by atoms with Gasteiger partial charge < -0.3 is 24.1 Å². The minimum atomic E-state index is -0.0174. The quantitative estimate of drug-likeness (QED) is 0.485. The molecule has 30 heavy (non-hydrogen) atoms. The fourth-order valence-electron chi connectivity index (χ4n) is 3.34. The molecule has 0 amide bonds. The molecule has 0 aliphatic heterocycles. The van der Waals surface area contributed by atoms with Gasteiger partial charge in [-0.2, -0.15) is 0 Å². The molecule has 0 aliphatic carbocycles. The van der Waals surface area contributed by atoms with Crippen molar-refractivity contribution < 1.29 is 14.2 Å². The summed E-state index contributed by atoms with van der Waals surface area (Å²) in [5.41, 5.74) is 1.54. The van der Waals surface area contributed by atoms with Crippen LogP contribution in [0.15, 0.2) is 59.4 Å². The zero-order valence-corrected chi connectivity index (χ0v) is 17.9. The van der Waals surface area contributed by atoms with Crippen LogP contribution in [0.4, 0.5) is 0 Å². The highest BCUT2D eigenvalue weighted by atomic mass is 16.5. The Balaban J connectivity index is 1.95. The minimum absolute atomic E-state index is 0.0174. The van der Waals surface area contributed by atoms with Crippen LogP contribution in [-0.2, 0) is 22.6 Å². The molecule has 6 nitrogen and oxygen atoms in total. The Labute approximate surface area is 177 Å². The van der Waals surface area contributed by atoms with Crippen LogP contribution < -0.4 is 15.6 Å². The van der Waals surface area contributed by atoms with Crippen LogP contribution in [0.5, 0.6) is 11.5 Å². The molecule has 0 saturated carbocycles. The molecule has 3 rings (SSSR count). The molecule has 1 unspecified atom stereocenters. The van der Waals surface area contributed by atoms with Crippen molar-refractivity contribution in [2.45, 2.75) is 33.0 Å². The number of fused-ring (bicyclic) bond motifs is 1. The van der Waals surface area contributed by atoms with Crippen molar-refractivity contribution in [2.24, 2.45) is 0 Å². The summed E-state index contributed by atoms with van der Waals surface area (Å²) >= 11 is 0. The number of nitrogens with zero attached hydrogens (tertiary/aromatic N) is 1.